The first kappa shape index (κ1) is 14.8. The predicted molar refractivity (Wildman–Crippen MR) is 86.5 cm³/mol. The highest BCUT2D eigenvalue weighted by Gasteiger charge is 2.01. The van der Waals surface area contributed by atoms with Crippen LogP contribution in [0.15, 0.2) is 59.7 Å². The third kappa shape index (κ3) is 4.76. The van der Waals surface area contributed by atoms with E-state index < -0.39 is 0 Å². The third-order valence-electron chi connectivity index (χ3n) is 3.04. The topological polar surface area (TPSA) is 53.5 Å². The molecule has 0 spiro atoms. The second kappa shape index (κ2) is 7.24. The molecule has 21 heavy (non-hydrogen) atoms. The van der Waals surface area contributed by atoms with Gasteiger partial charge in [0.25, 0.3) is 5.91 Å². The largest absolute Gasteiger partial charge is 0.376 e. The molecule has 0 aromatic heterocycles. The van der Waals surface area contributed by atoms with Crippen molar-refractivity contribution in [3.05, 3.63) is 65.7 Å². The van der Waals surface area contributed by atoms with Gasteiger partial charge in [0.2, 0.25) is 0 Å². The zero-order chi connectivity index (χ0) is 15.1. The zero-order valence-electron chi connectivity index (χ0n) is 12.3. The molecule has 2 aromatic carbocycles. The predicted octanol–water partition coefficient (Wildman–Crippen LogP) is 2.95. The van der Waals surface area contributed by atoms with E-state index in [0.29, 0.717) is 0 Å². The Bertz CT molecular complexity index is 618. The molecule has 0 aliphatic heterocycles. The van der Waals surface area contributed by atoms with Crippen LogP contribution in [-0.4, -0.2) is 18.2 Å². The van der Waals surface area contributed by atoms with Crippen molar-refractivity contribution in [3.8, 4) is 0 Å². The summed E-state index contributed by atoms with van der Waals surface area (Å²) in [5.74, 6) is -0.175. The van der Waals surface area contributed by atoms with Gasteiger partial charge in [-0.3, -0.25) is 4.79 Å². The monoisotopic (exact) mass is 281 g/mol. The van der Waals surface area contributed by atoms with Gasteiger partial charge in [0.15, 0.2) is 0 Å². The van der Waals surface area contributed by atoms with Crippen LogP contribution >= 0.6 is 0 Å². The van der Waals surface area contributed by atoms with E-state index in [4.69, 9.17) is 0 Å². The number of carbonyl (C=O) groups is 1. The van der Waals surface area contributed by atoms with Crippen LogP contribution in [0.1, 0.15) is 18.1 Å². The molecule has 2 aromatic rings. The molecule has 4 nitrogen and oxygen atoms in total. The Kier molecular flexibility index (Phi) is 5.10. The summed E-state index contributed by atoms with van der Waals surface area (Å²) in [7, 11) is 0. The number of rotatable bonds is 5. The van der Waals surface area contributed by atoms with Gasteiger partial charge in [-0.25, -0.2) is 5.43 Å². The van der Waals surface area contributed by atoms with Crippen LogP contribution in [0.25, 0.3) is 0 Å². The van der Waals surface area contributed by atoms with E-state index in [1.54, 1.807) is 0 Å². The van der Waals surface area contributed by atoms with Crippen molar-refractivity contribution in [3.63, 3.8) is 0 Å². The van der Waals surface area contributed by atoms with Gasteiger partial charge in [-0.1, -0.05) is 48.0 Å². The first-order valence-corrected chi connectivity index (χ1v) is 6.84. The summed E-state index contributed by atoms with van der Waals surface area (Å²) in [6, 6.07) is 17.6. The first-order valence-electron chi connectivity index (χ1n) is 6.84. The summed E-state index contributed by atoms with van der Waals surface area (Å²) in [5.41, 5.74) is 6.42. The van der Waals surface area contributed by atoms with Crippen molar-refractivity contribution >= 4 is 17.3 Å². The van der Waals surface area contributed by atoms with Crippen molar-refractivity contribution in [2.75, 3.05) is 11.9 Å². The summed E-state index contributed by atoms with van der Waals surface area (Å²) in [5, 5.41) is 7.15. The Hall–Kier alpha value is -2.62. The quantitative estimate of drug-likeness (QED) is 0.654. The number of nitrogens with one attached hydrogen (secondary N) is 2. The molecule has 1 amide bonds. The highest BCUT2D eigenvalue weighted by Crippen LogP contribution is 2.07. The molecule has 0 aliphatic rings. The minimum atomic E-state index is -0.175. The molecule has 0 saturated carbocycles. The van der Waals surface area contributed by atoms with Crippen LogP contribution < -0.4 is 10.7 Å². The van der Waals surface area contributed by atoms with E-state index >= 15 is 0 Å². The van der Waals surface area contributed by atoms with E-state index in [1.807, 2.05) is 68.4 Å². The molecule has 4 heteroatoms. The van der Waals surface area contributed by atoms with Crippen molar-refractivity contribution in [1.82, 2.24) is 5.43 Å². The van der Waals surface area contributed by atoms with E-state index in [9.17, 15) is 4.79 Å². The minimum Gasteiger partial charge on any atom is -0.376 e. The van der Waals surface area contributed by atoms with E-state index in [1.165, 1.54) is 5.56 Å². The molecule has 0 saturated heterocycles. The van der Waals surface area contributed by atoms with Crippen molar-refractivity contribution in [2.45, 2.75) is 13.8 Å². The summed E-state index contributed by atoms with van der Waals surface area (Å²) in [4.78, 5) is 11.7. The first-order chi connectivity index (χ1) is 10.1. The van der Waals surface area contributed by atoms with Crippen molar-refractivity contribution in [1.29, 1.82) is 0 Å². The molecule has 0 fully saturated rings. The van der Waals surface area contributed by atoms with Gasteiger partial charge in [0.05, 0.1) is 12.3 Å². The van der Waals surface area contributed by atoms with Crippen LogP contribution in [0.4, 0.5) is 5.69 Å². The summed E-state index contributed by atoms with van der Waals surface area (Å²) in [6.45, 7) is 4.08. The van der Waals surface area contributed by atoms with Crippen LogP contribution in [0, 0.1) is 6.92 Å². The van der Waals surface area contributed by atoms with Crippen molar-refractivity contribution in [2.24, 2.45) is 5.10 Å². The Morgan fingerprint density at radius 2 is 1.71 bits per heavy atom. The van der Waals surface area contributed by atoms with Gasteiger partial charge >= 0.3 is 0 Å². The molecule has 108 valence electrons. The average molecular weight is 281 g/mol. The van der Waals surface area contributed by atoms with Gasteiger partial charge in [0, 0.05) is 5.69 Å². The maximum atomic E-state index is 11.7. The molecule has 0 unspecified atom stereocenters. The van der Waals surface area contributed by atoms with Crippen LogP contribution in [0.5, 0.6) is 0 Å². The van der Waals surface area contributed by atoms with Crippen LogP contribution in [-0.2, 0) is 4.79 Å². The van der Waals surface area contributed by atoms with Gasteiger partial charge < -0.3 is 5.32 Å². The normalized spacial score (nSPS) is 11.0. The molecule has 0 aliphatic carbocycles. The SMILES string of the molecule is CC(=NNC(=O)CNc1ccc(C)cc1)c1ccccc1. The molecule has 0 bridgehead atoms. The van der Waals surface area contributed by atoms with E-state index in [-0.39, 0.29) is 12.5 Å². The van der Waals surface area contributed by atoms with Gasteiger partial charge in [-0.15, -0.1) is 0 Å². The Labute approximate surface area is 124 Å². The Morgan fingerprint density at radius 1 is 1.05 bits per heavy atom. The zero-order valence-corrected chi connectivity index (χ0v) is 12.3. The Balaban J connectivity index is 1.83. The number of hydrogen-bond acceptors (Lipinski definition) is 3. The van der Waals surface area contributed by atoms with Crippen molar-refractivity contribution < 1.29 is 4.79 Å². The highest BCUT2D eigenvalue weighted by atomic mass is 16.2. The lowest BCUT2D eigenvalue weighted by Crippen LogP contribution is -2.26. The number of carbonyl (C=O) groups excluding carboxylic acids is 1. The van der Waals surface area contributed by atoms with Gasteiger partial charge in [0.1, 0.15) is 0 Å². The fraction of sp³-hybridized carbons (Fsp3) is 0.176. The highest BCUT2D eigenvalue weighted by molar-refractivity contribution is 5.99. The van der Waals surface area contributed by atoms with Gasteiger partial charge in [-0.05, 0) is 31.5 Å². The molecule has 2 rings (SSSR count). The fourth-order valence-electron chi connectivity index (χ4n) is 1.78. The summed E-state index contributed by atoms with van der Waals surface area (Å²) < 4.78 is 0. The molecule has 0 atom stereocenters. The maximum Gasteiger partial charge on any atom is 0.259 e. The molecular weight excluding hydrogens is 262 g/mol. The maximum absolute atomic E-state index is 11.7. The molecule has 2 N–H and O–H groups in total. The summed E-state index contributed by atoms with van der Waals surface area (Å²) in [6.07, 6.45) is 0. The molecule has 0 heterocycles. The number of hydrazone groups is 1. The Morgan fingerprint density at radius 3 is 2.38 bits per heavy atom. The number of anilines is 1. The van der Waals surface area contributed by atoms with Gasteiger partial charge in [-0.2, -0.15) is 5.10 Å². The molecule has 0 radical (unpaired) electrons. The summed E-state index contributed by atoms with van der Waals surface area (Å²) >= 11 is 0. The smallest absolute Gasteiger partial charge is 0.259 e. The number of benzene rings is 2. The van der Waals surface area contributed by atoms with E-state index in [2.05, 4.69) is 15.8 Å². The molecular formula is C17H19N3O. The third-order valence-corrected chi connectivity index (χ3v) is 3.04. The fourth-order valence-corrected chi connectivity index (χ4v) is 1.78. The standard InChI is InChI=1S/C17H19N3O/c1-13-8-10-16(11-9-13)18-12-17(21)20-19-14(2)15-6-4-3-5-7-15/h3-11,18H,12H2,1-2H3,(H,20,21). The second-order valence-electron chi connectivity index (χ2n) is 4.82. The lowest BCUT2D eigenvalue weighted by Gasteiger charge is -2.06. The minimum absolute atomic E-state index is 0.175. The van der Waals surface area contributed by atoms with Crippen LogP contribution in [0.3, 0.4) is 0 Å². The number of nitrogens with zero attached hydrogens (tertiary/aromatic N) is 1. The van der Waals surface area contributed by atoms with Crippen LogP contribution in [0.2, 0.25) is 0 Å². The lowest BCUT2D eigenvalue weighted by molar-refractivity contribution is -0.119. The number of aryl methyl sites for hydroxylation is 1. The second-order valence-corrected chi connectivity index (χ2v) is 4.82. The number of amides is 1. The number of hydrogen-bond donors (Lipinski definition) is 2. The average Bonchev–Trinajstić information content (AvgIpc) is 2.53. The lowest BCUT2D eigenvalue weighted by atomic mass is 10.1. The van der Waals surface area contributed by atoms with E-state index in [0.717, 1.165) is 17.0 Å².